The molecule has 0 N–H and O–H groups in total. The van der Waals surface area contributed by atoms with Gasteiger partial charge in [0.25, 0.3) is 5.92 Å². The second kappa shape index (κ2) is 2.41. The molecule has 0 radical (unpaired) electrons. The van der Waals surface area contributed by atoms with Crippen LogP contribution in [0.2, 0.25) is 0 Å². The maximum Gasteiger partial charge on any atom is 0.291 e. The number of allylic oxidation sites excluding steroid dienone is 2. The lowest BCUT2D eigenvalue weighted by atomic mass is 9.94. The number of hydrogen-bond acceptors (Lipinski definition) is 0. The van der Waals surface area contributed by atoms with Gasteiger partial charge < -0.3 is 0 Å². The third-order valence-electron chi connectivity index (χ3n) is 2.04. The van der Waals surface area contributed by atoms with Gasteiger partial charge in [0.15, 0.2) is 0 Å². The lowest BCUT2D eigenvalue weighted by Crippen LogP contribution is -2.15. The molecule has 12 heavy (non-hydrogen) atoms. The van der Waals surface area contributed by atoms with E-state index in [4.69, 9.17) is 0 Å². The summed E-state index contributed by atoms with van der Waals surface area (Å²) in [4.78, 5) is 0. The molecule has 0 amide bonds. The summed E-state index contributed by atoms with van der Waals surface area (Å²) in [5.41, 5.74) is 0.873. The Hall–Kier alpha value is -1.18. The molecule has 2 rings (SSSR count). The molecular weight excluding hydrogens is 158 g/mol. The number of rotatable bonds is 0. The second-order valence-corrected chi connectivity index (χ2v) is 2.89. The van der Waals surface area contributed by atoms with Crippen molar-refractivity contribution in [3.63, 3.8) is 0 Å². The topological polar surface area (TPSA) is 0 Å². The molecule has 62 valence electrons. The Bertz CT molecular complexity index is 326. The molecule has 0 heterocycles. The number of hydrogen-bond donors (Lipinski definition) is 0. The molecule has 0 spiro atoms. The molecule has 0 fully saturated rings. The molecule has 0 unspecified atom stereocenters. The normalized spacial score (nSPS) is 18.8. The first-order chi connectivity index (χ1) is 5.70. The van der Waals surface area contributed by atoms with Crippen molar-refractivity contribution in [1.82, 2.24) is 0 Å². The zero-order chi connectivity index (χ0) is 8.60. The number of alkyl halides is 2. The highest BCUT2D eigenvalue weighted by atomic mass is 19.3. The summed E-state index contributed by atoms with van der Waals surface area (Å²) in [6.07, 6.45) is 3.10. The van der Waals surface area contributed by atoms with E-state index < -0.39 is 5.92 Å². The van der Waals surface area contributed by atoms with Gasteiger partial charge in [-0.25, -0.2) is 0 Å². The Morgan fingerprint density at radius 1 is 1.17 bits per heavy atom. The predicted molar refractivity (Wildman–Crippen MR) is 43.2 cm³/mol. The molecule has 0 saturated carbocycles. The van der Waals surface area contributed by atoms with Gasteiger partial charge in [-0.05, 0) is 18.1 Å². The van der Waals surface area contributed by atoms with Gasteiger partial charge in [-0.1, -0.05) is 30.3 Å². The van der Waals surface area contributed by atoms with Crippen molar-refractivity contribution < 1.29 is 8.78 Å². The molecule has 0 saturated heterocycles. The van der Waals surface area contributed by atoms with E-state index in [9.17, 15) is 8.78 Å². The average molecular weight is 166 g/mol. The molecule has 0 atom stereocenters. The zero-order valence-electron chi connectivity index (χ0n) is 6.43. The summed E-state index contributed by atoms with van der Waals surface area (Å²) in [7, 11) is 0. The van der Waals surface area contributed by atoms with Gasteiger partial charge in [0, 0.05) is 5.56 Å². The Morgan fingerprint density at radius 3 is 2.67 bits per heavy atom. The molecule has 1 aromatic carbocycles. The highest BCUT2D eigenvalue weighted by Gasteiger charge is 2.31. The monoisotopic (exact) mass is 166 g/mol. The summed E-state index contributed by atoms with van der Waals surface area (Å²) < 4.78 is 26.2. The van der Waals surface area contributed by atoms with Gasteiger partial charge in [0.05, 0.1) is 0 Å². The van der Waals surface area contributed by atoms with E-state index in [1.165, 1.54) is 12.1 Å². The van der Waals surface area contributed by atoms with Crippen LogP contribution in [0.15, 0.2) is 36.4 Å². The molecule has 0 bridgehead atoms. The fourth-order valence-corrected chi connectivity index (χ4v) is 1.45. The van der Waals surface area contributed by atoms with Crippen LogP contribution >= 0.6 is 0 Å². The van der Waals surface area contributed by atoms with E-state index in [0.29, 0.717) is 6.42 Å². The third-order valence-corrected chi connectivity index (χ3v) is 2.04. The highest BCUT2D eigenvalue weighted by molar-refractivity contribution is 5.38. The minimum absolute atomic E-state index is 0.146. The number of halogens is 2. The molecule has 2 heteroatoms. The third kappa shape index (κ3) is 1.04. The van der Waals surface area contributed by atoms with Gasteiger partial charge in [0.1, 0.15) is 0 Å². The molecule has 0 aliphatic heterocycles. The Balaban J connectivity index is 2.58. The SMILES string of the molecule is FC1(F)C=CCc2ccccc21. The molecule has 0 nitrogen and oxygen atoms in total. The molecule has 1 aromatic rings. The van der Waals surface area contributed by atoms with E-state index in [-0.39, 0.29) is 5.56 Å². The minimum Gasteiger partial charge on any atom is -0.197 e. The zero-order valence-corrected chi connectivity index (χ0v) is 6.43. The number of fused-ring (bicyclic) bond motifs is 1. The van der Waals surface area contributed by atoms with Crippen LogP contribution in [0.1, 0.15) is 11.1 Å². The van der Waals surface area contributed by atoms with E-state index in [1.807, 2.05) is 0 Å². The smallest absolute Gasteiger partial charge is 0.197 e. The van der Waals surface area contributed by atoms with Crippen LogP contribution in [-0.2, 0) is 12.3 Å². The first-order valence-corrected chi connectivity index (χ1v) is 3.84. The van der Waals surface area contributed by atoms with Gasteiger partial charge in [-0.15, -0.1) is 0 Å². The van der Waals surface area contributed by atoms with Crippen molar-refractivity contribution >= 4 is 0 Å². The summed E-state index contributed by atoms with van der Waals surface area (Å²) in [6, 6.07) is 6.66. The van der Waals surface area contributed by atoms with Crippen molar-refractivity contribution in [2.45, 2.75) is 12.3 Å². The van der Waals surface area contributed by atoms with E-state index in [0.717, 1.165) is 11.6 Å². The molecule has 1 aliphatic rings. The van der Waals surface area contributed by atoms with Gasteiger partial charge >= 0.3 is 0 Å². The Morgan fingerprint density at radius 2 is 1.92 bits per heavy atom. The standard InChI is InChI=1S/C10H8F2/c11-10(12)7-3-5-8-4-1-2-6-9(8)10/h1-4,6-7H,5H2. The second-order valence-electron chi connectivity index (χ2n) is 2.89. The molecule has 0 aromatic heterocycles. The maximum atomic E-state index is 13.1. The fourth-order valence-electron chi connectivity index (χ4n) is 1.45. The van der Waals surface area contributed by atoms with Crippen LogP contribution < -0.4 is 0 Å². The van der Waals surface area contributed by atoms with Gasteiger partial charge in [-0.2, -0.15) is 8.78 Å². The number of benzene rings is 1. The lowest BCUT2D eigenvalue weighted by Gasteiger charge is -2.19. The Labute approximate surface area is 69.5 Å². The van der Waals surface area contributed by atoms with Crippen LogP contribution in [0, 0.1) is 0 Å². The first kappa shape index (κ1) is 7.47. The summed E-state index contributed by atoms with van der Waals surface area (Å²) in [5, 5.41) is 0. The van der Waals surface area contributed by atoms with Crippen molar-refractivity contribution in [3.8, 4) is 0 Å². The van der Waals surface area contributed by atoms with Gasteiger partial charge in [0.2, 0.25) is 0 Å². The Kier molecular flexibility index (Phi) is 1.50. The van der Waals surface area contributed by atoms with Crippen LogP contribution in [0.4, 0.5) is 8.78 Å². The van der Waals surface area contributed by atoms with Crippen LogP contribution in [0.5, 0.6) is 0 Å². The van der Waals surface area contributed by atoms with Crippen LogP contribution in [0.25, 0.3) is 0 Å². The van der Waals surface area contributed by atoms with E-state index >= 15 is 0 Å². The van der Waals surface area contributed by atoms with Gasteiger partial charge in [-0.3, -0.25) is 0 Å². The van der Waals surface area contributed by atoms with E-state index in [1.54, 1.807) is 18.2 Å². The van der Waals surface area contributed by atoms with Crippen molar-refractivity contribution in [2.24, 2.45) is 0 Å². The van der Waals surface area contributed by atoms with E-state index in [2.05, 4.69) is 0 Å². The maximum absolute atomic E-state index is 13.1. The van der Waals surface area contributed by atoms with Crippen molar-refractivity contribution in [3.05, 3.63) is 47.5 Å². The van der Waals surface area contributed by atoms with Crippen molar-refractivity contribution in [1.29, 1.82) is 0 Å². The predicted octanol–water partition coefficient (Wildman–Crippen LogP) is 2.89. The summed E-state index contributed by atoms with van der Waals surface area (Å²) in [5.74, 6) is -2.77. The average Bonchev–Trinajstić information content (AvgIpc) is 2.04. The molecule has 1 aliphatic carbocycles. The largest absolute Gasteiger partial charge is 0.291 e. The quantitative estimate of drug-likeness (QED) is 0.520. The molecular formula is C10H8F2. The first-order valence-electron chi connectivity index (χ1n) is 3.84. The minimum atomic E-state index is -2.77. The highest BCUT2D eigenvalue weighted by Crippen LogP contribution is 2.35. The summed E-state index contributed by atoms with van der Waals surface area (Å²) >= 11 is 0. The van der Waals surface area contributed by atoms with Crippen LogP contribution in [0.3, 0.4) is 0 Å². The lowest BCUT2D eigenvalue weighted by molar-refractivity contribution is 0.0491. The van der Waals surface area contributed by atoms with Crippen LogP contribution in [-0.4, -0.2) is 0 Å². The fraction of sp³-hybridized carbons (Fsp3) is 0.200. The summed E-state index contributed by atoms with van der Waals surface area (Å²) in [6.45, 7) is 0. The van der Waals surface area contributed by atoms with Crippen molar-refractivity contribution in [2.75, 3.05) is 0 Å².